The molecule has 1 aliphatic carbocycles. The van der Waals surface area contributed by atoms with E-state index >= 15 is 0 Å². The third kappa shape index (κ3) is 5.92. The number of nitrogens with zero attached hydrogens (tertiary/aromatic N) is 1. The Kier molecular flexibility index (Phi) is 8.33. The fourth-order valence-corrected chi connectivity index (χ4v) is 5.07. The molecule has 1 aliphatic heterocycles. The summed E-state index contributed by atoms with van der Waals surface area (Å²) in [4.78, 5) is 14.1. The highest BCUT2D eigenvalue weighted by Gasteiger charge is 2.34. The lowest BCUT2D eigenvalue weighted by Crippen LogP contribution is -2.57. The highest BCUT2D eigenvalue weighted by Crippen LogP contribution is 2.35. The van der Waals surface area contributed by atoms with E-state index in [4.69, 9.17) is 4.74 Å². The van der Waals surface area contributed by atoms with Crippen molar-refractivity contribution >= 4 is 17.7 Å². The molecule has 2 fully saturated rings. The van der Waals surface area contributed by atoms with Crippen molar-refractivity contribution in [1.29, 1.82) is 0 Å². The summed E-state index contributed by atoms with van der Waals surface area (Å²) < 4.78 is 33.5. The zero-order chi connectivity index (χ0) is 20.8. The van der Waals surface area contributed by atoms with E-state index in [1.54, 1.807) is 24.8 Å². The number of thioether (sulfide) groups is 1. The summed E-state index contributed by atoms with van der Waals surface area (Å²) in [7, 11) is 0. The number of carbonyl (C=O) groups is 1. The fraction of sp³-hybridized carbons (Fsp3) is 0.682. The third-order valence-electron chi connectivity index (χ3n) is 6.25. The maximum absolute atomic E-state index is 14.1. The van der Waals surface area contributed by atoms with Crippen LogP contribution in [-0.2, 0) is 9.53 Å². The van der Waals surface area contributed by atoms with Gasteiger partial charge in [0.15, 0.2) is 0 Å². The minimum Gasteiger partial charge on any atom is -0.376 e. The molecular formula is C22H32F2N2O2S. The van der Waals surface area contributed by atoms with Gasteiger partial charge in [-0.25, -0.2) is 8.78 Å². The second-order valence-electron chi connectivity index (χ2n) is 8.14. The molecule has 29 heavy (non-hydrogen) atoms. The van der Waals surface area contributed by atoms with Crippen LogP contribution in [0, 0.1) is 11.6 Å². The minimum atomic E-state index is -0.532. The quantitative estimate of drug-likeness (QED) is 0.660. The van der Waals surface area contributed by atoms with Crippen molar-refractivity contribution in [3.63, 3.8) is 0 Å². The van der Waals surface area contributed by atoms with Gasteiger partial charge in [0.2, 0.25) is 5.91 Å². The third-order valence-corrected chi connectivity index (χ3v) is 6.71. The molecule has 1 aromatic carbocycles. The molecule has 1 N–H and O–H groups in total. The monoisotopic (exact) mass is 426 g/mol. The van der Waals surface area contributed by atoms with Gasteiger partial charge in [-0.15, -0.1) is 11.8 Å². The number of nitrogens with one attached hydrogen (secondary N) is 1. The van der Waals surface area contributed by atoms with Crippen LogP contribution in [0.3, 0.4) is 0 Å². The summed E-state index contributed by atoms with van der Waals surface area (Å²) in [6.07, 6.45) is 7.64. The number of piperidine rings is 1. The van der Waals surface area contributed by atoms with E-state index in [0.29, 0.717) is 12.2 Å². The summed E-state index contributed by atoms with van der Waals surface area (Å²) in [5.41, 5.74) is 0.612. The molecule has 3 rings (SSSR count). The Morgan fingerprint density at radius 2 is 2.00 bits per heavy atom. The van der Waals surface area contributed by atoms with Gasteiger partial charge in [-0.1, -0.05) is 6.07 Å². The van der Waals surface area contributed by atoms with Crippen molar-refractivity contribution in [3.8, 4) is 0 Å². The average molecular weight is 427 g/mol. The topological polar surface area (TPSA) is 41.6 Å². The Morgan fingerprint density at radius 3 is 2.66 bits per heavy atom. The van der Waals surface area contributed by atoms with Crippen LogP contribution in [0.4, 0.5) is 8.78 Å². The number of halogens is 2. The number of hydrogen-bond donors (Lipinski definition) is 1. The Morgan fingerprint density at radius 1 is 1.24 bits per heavy atom. The molecule has 7 heteroatoms. The van der Waals surface area contributed by atoms with E-state index in [1.807, 2.05) is 4.90 Å². The Balaban J connectivity index is 1.54. The summed E-state index contributed by atoms with van der Waals surface area (Å²) in [6.45, 7) is 2.95. The maximum atomic E-state index is 14.1. The van der Waals surface area contributed by atoms with Crippen LogP contribution >= 0.6 is 11.8 Å². The molecule has 1 saturated heterocycles. The van der Waals surface area contributed by atoms with Crippen molar-refractivity contribution in [1.82, 2.24) is 10.2 Å². The Bertz CT molecular complexity index is 683. The molecule has 1 saturated carbocycles. The van der Waals surface area contributed by atoms with E-state index in [-0.39, 0.29) is 30.0 Å². The van der Waals surface area contributed by atoms with Crippen LogP contribution in [0.15, 0.2) is 18.2 Å². The van der Waals surface area contributed by atoms with Crippen molar-refractivity contribution in [2.24, 2.45) is 0 Å². The smallest absolute Gasteiger partial charge is 0.219 e. The van der Waals surface area contributed by atoms with Crippen molar-refractivity contribution < 1.29 is 18.3 Å². The lowest BCUT2D eigenvalue weighted by atomic mass is 9.82. The predicted molar refractivity (Wildman–Crippen MR) is 113 cm³/mol. The number of hydrogen-bond acceptors (Lipinski definition) is 4. The first-order valence-corrected chi connectivity index (χ1v) is 11.9. The molecule has 1 amide bonds. The van der Waals surface area contributed by atoms with Crippen LogP contribution in [0.1, 0.15) is 56.9 Å². The van der Waals surface area contributed by atoms with Crippen molar-refractivity contribution in [2.45, 2.75) is 69.6 Å². The maximum Gasteiger partial charge on any atom is 0.219 e. The van der Waals surface area contributed by atoms with E-state index < -0.39 is 11.6 Å². The van der Waals surface area contributed by atoms with Crippen molar-refractivity contribution in [2.75, 3.05) is 25.3 Å². The molecule has 2 atom stereocenters. The second kappa shape index (κ2) is 10.7. The molecule has 0 unspecified atom stereocenters. The molecule has 0 radical (unpaired) electrons. The Labute approximate surface area is 176 Å². The average Bonchev–Trinajstić information content (AvgIpc) is 2.71. The van der Waals surface area contributed by atoms with E-state index in [1.165, 1.54) is 6.07 Å². The Hall–Kier alpha value is -1.18. The van der Waals surface area contributed by atoms with Crippen LogP contribution in [-0.4, -0.2) is 54.3 Å². The van der Waals surface area contributed by atoms with Gasteiger partial charge in [-0.3, -0.25) is 4.79 Å². The predicted octanol–water partition coefficient (Wildman–Crippen LogP) is 4.30. The number of amides is 1. The van der Waals surface area contributed by atoms with Gasteiger partial charge in [0.05, 0.1) is 18.8 Å². The van der Waals surface area contributed by atoms with Gasteiger partial charge in [-0.2, -0.15) is 0 Å². The van der Waals surface area contributed by atoms with E-state index in [0.717, 1.165) is 57.0 Å². The van der Waals surface area contributed by atoms with Crippen LogP contribution < -0.4 is 5.32 Å². The lowest BCUT2D eigenvalue weighted by Gasteiger charge is -2.42. The number of rotatable bonds is 7. The minimum absolute atomic E-state index is 0.0562. The second-order valence-corrected chi connectivity index (χ2v) is 9.00. The number of benzene rings is 1. The zero-order valence-corrected chi connectivity index (χ0v) is 18.1. The van der Waals surface area contributed by atoms with E-state index in [9.17, 15) is 13.6 Å². The largest absolute Gasteiger partial charge is 0.376 e. The highest BCUT2D eigenvalue weighted by molar-refractivity contribution is 7.98. The SMILES string of the molecule is CSCN[C@H]1CCCN(C(C)=O)[C@H]1COC1CCC(c2ccc(F)cc2F)CC1. The van der Waals surface area contributed by atoms with Crippen LogP contribution in [0.2, 0.25) is 0 Å². The van der Waals surface area contributed by atoms with Gasteiger partial charge in [-0.05, 0) is 62.3 Å². The lowest BCUT2D eigenvalue weighted by molar-refractivity contribution is -0.136. The standard InChI is InChI=1S/C22H32F2N2O2S/c1-15(27)26-11-3-4-21(25-14-29-2)22(26)13-28-18-8-5-16(6-9-18)19-10-7-17(23)12-20(19)24/h7,10,12,16,18,21-22,25H,3-6,8-9,11,13-14H2,1-2H3/t16?,18?,21-,22-/m0/s1. The van der Waals surface area contributed by atoms with Gasteiger partial charge >= 0.3 is 0 Å². The van der Waals surface area contributed by atoms with Gasteiger partial charge in [0, 0.05) is 31.5 Å². The first-order chi connectivity index (χ1) is 14.0. The number of carbonyl (C=O) groups excluding carboxylic acids is 1. The zero-order valence-electron chi connectivity index (χ0n) is 17.3. The van der Waals surface area contributed by atoms with Gasteiger partial charge in [0.1, 0.15) is 11.6 Å². The highest BCUT2D eigenvalue weighted by atomic mass is 32.2. The number of ether oxygens (including phenoxy) is 1. The summed E-state index contributed by atoms with van der Waals surface area (Å²) in [6, 6.07) is 4.19. The summed E-state index contributed by atoms with van der Waals surface area (Å²) in [5, 5.41) is 3.55. The molecule has 1 heterocycles. The number of likely N-dealkylation sites (tertiary alicyclic amines) is 1. The molecule has 0 bridgehead atoms. The van der Waals surface area contributed by atoms with Gasteiger partial charge < -0.3 is 15.0 Å². The van der Waals surface area contributed by atoms with E-state index in [2.05, 4.69) is 11.6 Å². The van der Waals surface area contributed by atoms with Crippen LogP contribution in [0.25, 0.3) is 0 Å². The first-order valence-electron chi connectivity index (χ1n) is 10.6. The molecule has 2 aliphatic rings. The molecule has 162 valence electrons. The van der Waals surface area contributed by atoms with Crippen LogP contribution in [0.5, 0.6) is 0 Å². The molecule has 0 spiro atoms. The van der Waals surface area contributed by atoms with Gasteiger partial charge in [0.25, 0.3) is 0 Å². The summed E-state index contributed by atoms with van der Waals surface area (Å²) >= 11 is 1.74. The summed E-state index contributed by atoms with van der Waals surface area (Å²) in [5.74, 6) is 0.104. The molecular weight excluding hydrogens is 394 g/mol. The fourth-order valence-electron chi connectivity index (χ4n) is 4.69. The van der Waals surface area contributed by atoms with Crippen molar-refractivity contribution in [3.05, 3.63) is 35.4 Å². The first kappa shape index (κ1) is 22.5. The molecule has 4 nitrogen and oxygen atoms in total. The normalized spacial score (nSPS) is 27.8. The molecule has 1 aromatic rings. The molecule has 0 aromatic heterocycles.